The standard InChI is InChI=1S/C13H24N4O2/c1-4-14-10(3)12-15-16-13(19-12)17-8-6-7-11(9-17)18-5-2/h10-11,14H,4-9H2,1-3H3. The maximum atomic E-state index is 5.75. The number of nitrogens with zero attached hydrogens (tertiary/aromatic N) is 3. The van der Waals surface area contributed by atoms with Gasteiger partial charge in [0.2, 0.25) is 5.89 Å². The molecule has 0 bridgehead atoms. The van der Waals surface area contributed by atoms with Gasteiger partial charge in [-0.05, 0) is 33.2 Å². The van der Waals surface area contributed by atoms with Crippen molar-refractivity contribution in [3.63, 3.8) is 0 Å². The van der Waals surface area contributed by atoms with Crippen LogP contribution in [0.15, 0.2) is 4.42 Å². The van der Waals surface area contributed by atoms with Crippen LogP contribution in [-0.2, 0) is 4.74 Å². The second kappa shape index (κ2) is 6.86. The van der Waals surface area contributed by atoms with Crippen LogP contribution in [0.1, 0.15) is 45.5 Å². The fourth-order valence-electron chi connectivity index (χ4n) is 2.41. The second-order valence-electron chi connectivity index (χ2n) is 4.87. The number of piperidine rings is 1. The molecule has 2 unspecified atom stereocenters. The largest absolute Gasteiger partial charge is 0.406 e. The molecule has 108 valence electrons. The highest BCUT2D eigenvalue weighted by Gasteiger charge is 2.24. The van der Waals surface area contributed by atoms with E-state index in [4.69, 9.17) is 9.15 Å². The summed E-state index contributed by atoms with van der Waals surface area (Å²) >= 11 is 0. The zero-order chi connectivity index (χ0) is 13.7. The van der Waals surface area contributed by atoms with Gasteiger partial charge in [0.15, 0.2) is 0 Å². The van der Waals surface area contributed by atoms with Crippen LogP contribution >= 0.6 is 0 Å². The maximum Gasteiger partial charge on any atom is 0.318 e. The average Bonchev–Trinajstić information content (AvgIpc) is 2.89. The van der Waals surface area contributed by atoms with Gasteiger partial charge in [0, 0.05) is 19.7 Å². The van der Waals surface area contributed by atoms with E-state index in [0.29, 0.717) is 11.9 Å². The molecule has 0 spiro atoms. The second-order valence-corrected chi connectivity index (χ2v) is 4.87. The predicted molar refractivity (Wildman–Crippen MR) is 73.3 cm³/mol. The Bertz CT molecular complexity index is 380. The summed E-state index contributed by atoms with van der Waals surface area (Å²) in [4.78, 5) is 2.12. The van der Waals surface area contributed by atoms with Crippen LogP contribution in [0.5, 0.6) is 0 Å². The highest BCUT2D eigenvalue weighted by Crippen LogP contribution is 2.22. The van der Waals surface area contributed by atoms with Gasteiger partial charge in [0.05, 0.1) is 12.1 Å². The van der Waals surface area contributed by atoms with Crippen LogP contribution in [-0.4, -0.2) is 42.5 Å². The zero-order valence-corrected chi connectivity index (χ0v) is 12.1. The first kappa shape index (κ1) is 14.3. The third-order valence-electron chi connectivity index (χ3n) is 3.36. The molecule has 1 aromatic heterocycles. The lowest BCUT2D eigenvalue weighted by Gasteiger charge is -2.30. The summed E-state index contributed by atoms with van der Waals surface area (Å²) in [5.41, 5.74) is 0. The SMILES string of the molecule is CCNC(C)c1nnc(N2CCCC(OCC)C2)o1. The maximum absolute atomic E-state index is 5.75. The molecule has 2 heterocycles. The number of aromatic nitrogens is 2. The van der Waals surface area contributed by atoms with E-state index in [9.17, 15) is 0 Å². The number of hydrogen-bond donors (Lipinski definition) is 1. The van der Waals surface area contributed by atoms with Gasteiger partial charge >= 0.3 is 6.01 Å². The average molecular weight is 268 g/mol. The minimum Gasteiger partial charge on any atom is -0.406 e. The molecule has 1 aliphatic heterocycles. The van der Waals surface area contributed by atoms with E-state index >= 15 is 0 Å². The lowest BCUT2D eigenvalue weighted by atomic mass is 10.1. The van der Waals surface area contributed by atoms with Crippen LogP contribution < -0.4 is 10.2 Å². The predicted octanol–water partition coefficient (Wildman–Crippen LogP) is 1.75. The van der Waals surface area contributed by atoms with Crippen LogP contribution in [0.2, 0.25) is 0 Å². The molecule has 2 atom stereocenters. The van der Waals surface area contributed by atoms with Crippen LogP contribution in [0.3, 0.4) is 0 Å². The van der Waals surface area contributed by atoms with Gasteiger partial charge in [0.25, 0.3) is 0 Å². The van der Waals surface area contributed by atoms with Crippen molar-refractivity contribution in [1.29, 1.82) is 0 Å². The van der Waals surface area contributed by atoms with Gasteiger partial charge in [0.1, 0.15) is 0 Å². The summed E-state index contributed by atoms with van der Waals surface area (Å²) in [6.07, 6.45) is 2.49. The topological polar surface area (TPSA) is 63.4 Å². The molecule has 1 aliphatic rings. The van der Waals surface area contributed by atoms with E-state index in [1.807, 2.05) is 13.8 Å². The smallest absolute Gasteiger partial charge is 0.318 e. The summed E-state index contributed by atoms with van der Waals surface area (Å²) in [5, 5.41) is 11.5. The Labute approximate surface area is 114 Å². The van der Waals surface area contributed by atoms with Crippen molar-refractivity contribution in [3.05, 3.63) is 5.89 Å². The first-order chi connectivity index (χ1) is 9.24. The Hall–Kier alpha value is -1.14. The highest BCUT2D eigenvalue weighted by molar-refractivity contribution is 5.25. The lowest BCUT2D eigenvalue weighted by molar-refractivity contribution is 0.0516. The van der Waals surface area contributed by atoms with Crippen molar-refractivity contribution in [2.24, 2.45) is 0 Å². The van der Waals surface area contributed by atoms with Crippen molar-refractivity contribution < 1.29 is 9.15 Å². The first-order valence-electron chi connectivity index (χ1n) is 7.17. The third-order valence-corrected chi connectivity index (χ3v) is 3.36. The van der Waals surface area contributed by atoms with Crippen LogP contribution in [0, 0.1) is 0 Å². The normalized spacial score (nSPS) is 21.6. The minimum absolute atomic E-state index is 0.0960. The van der Waals surface area contributed by atoms with Crippen LogP contribution in [0.4, 0.5) is 6.01 Å². The fraction of sp³-hybridized carbons (Fsp3) is 0.846. The van der Waals surface area contributed by atoms with Crippen molar-refractivity contribution in [3.8, 4) is 0 Å². The highest BCUT2D eigenvalue weighted by atomic mass is 16.5. The molecular weight excluding hydrogens is 244 g/mol. The van der Waals surface area contributed by atoms with Crippen molar-refractivity contribution in [1.82, 2.24) is 15.5 Å². The molecule has 1 fully saturated rings. The van der Waals surface area contributed by atoms with E-state index < -0.39 is 0 Å². The van der Waals surface area contributed by atoms with E-state index in [2.05, 4.69) is 27.3 Å². The Morgan fingerprint density at radius 1 is 1.47 bits per heavy atom. The zero-order valence-electron chi connectivity index (χ0n) is 12.1. The summed E-state index contributed by atoms with van der Waals surface area (Å²) in [6.45, 7) is 9.55. The van der Waals surface area contributed by atoms with E-state index in [0.717, 1.165) is 39.1 Å². The molecule has 0 saturated carbocycles. The molecule has 2 rings (SSSR count). The van der Waals surface area contributed by atoms with Crippen molar-refractivity contribution >= 4 is 6.01 Å². The van der Waals surface area contributed by atoms with Gasteiger partial charge < -0.3 is 19.4 Å². The molecule has 1 N–H and O–H groups in total. The molecule has 6 nitrogen and oxygen atoms in total. The van der Waals surface area contributed by atoms with E-state index in [-0.39, 0.29) is 12.1 Å². The molecule has 1 aromatic rings. The van der Waals surface area contributed by atoms with Crippen molar-refractivity contribution in [2.75, 3.05) is 31.1 Å². The van der Waals surface area contributed by atoms with Crippen LogP contribution in [0.25, 0.3) is 0 Å². The Morgan fingerprint density at radius 2 is 2.32 bits per heavy atom. The Kier molecular flexibility index (Phi) is 5.15. The molecule has 19 heavy (non-hydrogen) atoms. The number of hydrogen-bond acceptors (Lipinski definition) is 6. The van der Waals surface area contributed by atoms with Gasteiger partial charge in [-0.2, -0.15) is 0 Å². The molecule has 6 heteroatoms. The third kappa shape index (κ3) is 3.67. The van der Waals surface area contributed by atoms with E-state index in [1.54, 1.807) is 0 Å². The number of anilines is 1. The number of nitrogens with one attached hydrogen (secondary N) is 1. The minimum atomic E-state index is 0.0960. The van der Waals surface area contributed by atoms with E-state index in [1.165, 1.54) is 0 Å². The van der Waals surface area contributed by atoms with Gasteiger partial charge in [-0.1, -0.05) is 12.0 Å². The monoisotopic (exact) mass is 268 g/mol. The van der Waals surface area contributed by atoms with Gasteiger partial charge in [-0.25, -0.2) is 0 Å². The van der Waals surface area contributed by atoms with Crippen molar-refractivity contribution in [2.45, 2.75) is 45.8 Å². The molecule has 0 aromatic carbocycles. The molecule has 0 amide bonds. The molecule has 0 aliphatic carbocycles. The first-order valence-corrected chi connectivity index (χ1v) is 7.17. The van der Waals surface area contributed by atoms with Gasteiger partial charge in [-0.3, -0.25) is 0 Å². The lowest BCUT2D eigenvalue weighted by Crippen LogP contribution is -2.39. The summed E-state index contributed by atoms with van der Waals surface area (Å²) in [6, 6.07) is 0.711. The summed E-state index contributed by atoms with van der Waals surface area (Å²) in [5.74, 6) is 0.649. The molecule has 1 saturated heterocycles. The summed E-state index contributed by atoms with van der Waals surface area (Å²) < 4.78 is 11.4. The molecule has 0 radical (unpaired) electrons. The summed E-state index contributed by atoms with van der Waals surface area (Å²) in [7, 11) is 0. The number of ether oxygens (including phenoxy) is 1. The number of rotatable bonds is 6. The fourth-order valence-corrected chi connectivity index (χ4v) is 2.41. The Morgan fingerprint density at radius 3 is 3.05 bits per heavy atom. The quantitative estimate of drug-likeness (QED) is 0.848. The Balaban J connectivity index is 1.97. The van der Waals surface area contributed by atoms with Gasteiger partial charge in [-0.15, -0.1) is 5.10 Å². The molecular formula is C13H24N4O2.